The van der Waals surface area contributed by atoms with E-state index in [1.807, 2.05) is 18.2 Å². The van der Waals surface area contributed by atoms with Gasteiger partial charge in [0.15, 0.2) is 5.11 Å². The number of rotatable bonds is 5. The van der Waals surface area contributed by atoms with Gasteiger partial charge in [0.1, 0.15) is 0 Å². The van der Waals surface area contributed by atoms with Crippen LogP contribution in [0.3, 0.4) is 0 Å². The van der Waals surface area contributed by atoms with Crippen molar-refractivity contribution in [2.75, 3.05) is 16.8 Å². The average Bonchev–Trinajstić information content (AvgIpc) is 2.81. The van der Waals surface area contributed by atoms with Crippen LogP contribution >= 0.6 is 12.2 Å². The van der Waals surface area contributed by atoms with Crippen LogP contribution in [-0.2, 0) is 0 Å². The molecule has 0 atom stereocenters. The number of carbonyl (C=O) groups excluding carboxylic acids is 1. The second-order valence-electron chi connectivity index (χ2n) is 7.99. The monoisotopic (exact) mass is 449 g/mol. The number of thiocarbonyl (C=S) groups is 1. The van der Waals surface area contributed by atoms with Crippen LogP contribution in [0.15, 0.2) is 53.5 Å². The van der Waals surface area contributed by atoms with E-state index in [4.69, 9.17) is 12.2 Å². The van der Waals surface area contributed by atoms with Gasteiger partial charge in [0.05, 0.1) is 28.6 Å². The molecule has 1 fully saturated rings. The van der Waals surface area contributed by atoms with E-state index in [1.165, 1.54) is 25.5 Å². The molecule has 0 spiro atoms. The number of anilines is 2. The lowest BCUT2D eigenvalue weighted by molar-refractivity contribution is 0.0977. The van der Waals surface area contributed by atoms with E-state index in [0.29, 0.717) is 22.6 Å². The predicted molar refractivity (Wildman–Crippen MR) is 132 cm³/mol. The van der Waals surface area contributed by atoms with Gasteiger partial charge >= 0.3 is 0 Å². The second kappa shape index (κ2) is 9.91. The summed E-state index contributed by atoms with van der Waals surface area (Å²) in [5.74, 6) is -0.278. The normalized spacial score (nSPS) is 14.2. The summed E-state index contributed by atoms with van der Waals surface area (Å²) < 4.78 is 0. The molecule has 2 aromatic carbocycles. The number of aromatic amines is 1. The molecule has 1 heterocycles. The highest BCUT2D eigenvalue weighted by Crippen LogP contribution is 2.34. The molecule has 3 N–H and O–H groups in total. The van der Waals surface area contributed by atoms with E-state index >= 15 is 0 Å². The maximum atomic E-state index is 12.5. The molecule has 7 nitrogen and oxygen atoms in total. The molecule has 3 aromatic rings. The molecule has 0 saturated heterocycles. The Kier molecular flexibility index (Phi) is 6.80. The van der Waals surface area contributed by atoms with Gasteiger partial charge < -0.3 is 15.2 Å². The Morgan fingerprint density at radius 2 is 1.94 bits per heavy atom. The van der Waals surface area contributed by atoms with E-state index in [1.54, 1.807) is 24.3 Å². The van der Waals surface area contributed by atoms with Gasteiger partial charge in [-0.15, -0.1) is 0 Å². The minimum atomic E-state index is -0.278. The van der Waals surface area contributed by atoms with E-state index in [0.717, 1.165) is 30.8 Å². The van der Waals surface area contributed by atoms with Gasteiger partial charge in [-0.25, -0.2) is 4.98 Å². The fraction of sp³-hybridized carbons (Fsp3) is 0.333. The molecular weight excluding hydrogens is 422 g/mol. The first kappa shape index (κ1) is 22.0. The third kappa shape index (κ3) is 4.96. The highest BCUT2D eigenvalue weighted by atomic mass is 32.1. The van der Waals surface area contributed by atoms with E-state index in [2.05, 4.69) is 32.4 Å². The number of H-pyrrole nitrogens is 1. The van der Waals surface area contributed by atoms with Gasteiger partial charge in [-0.05, 0) is 56.2 Å². The zero-order valence-corrected chi connectivity index (χ0v) is 18.9. The summed E-state index contributed by atoms with van der Waals surface area (Å²) in [5, 5.41) is 6.13. The molecule has 1 aliphatic carbocycles. The van der Waals surface area contributed by atoms with E-state index in [-0.39, 0.29) is 16.6 Å². The molecule has 32 heavy (non-hydrogen) atoms. The molecule has 0 aliphatic heterocycles. The molecule has 1 saturated carbocycles. The smallest absolute Gasteiger partial charge is 0.266 e. The van der Waals surface area contributed by atoms with Gasteiger partial charge in [0, 0.05) is 18.2 Å². The number of aromatic nitrogens is 2. The fourth-order valence-electron chi connectivity index (χ4n) is 4.35. The fourth-order valence-corrected chi connectivity index (χ4v) is 4.55. The first-order valence-electron chi connectivity index (χ1n) is 11.0. The number of nitrogens with zero attached hydrogens (tertiary/aromatic N) is 2. The van der Waals surface area contributed by atoms with Gasteiger partial charge in [0.2, 0.25) is 0 Å². The first-order chi connectivity index (χ1) is 15.5. The Morgan fingerprint density at radius 3 is 2.66 bits per heavy atom. The van der Waals surface area contributed by atoms with Crippen LogP contribution in [0.2, 0.25) is 0 Å². The third-order valence-electron chi connectivity index (χ3n) is 5.87. The van der Waals surface area contributed by atoms with Gasteiger partial charge in [-0.1, -0.05) is 37.5 Å². The summed E-state index contributed by atoms with van der Waals surface area (Å²) in [6.07, 6.45) is 7.28. The molecule has 4 rings (SSSR count). The Bertz CT molecular complexity index is 1170. The summed E-state index contributed by atoms with van der Waals surface area (Å²) in [5.41, 5.74) is 3.27. The lowest BCUT2D eigenvalue weighted by Crippen LogP contribution is -2.38. The molecular formula is C24H27N5O2S. The number of nitrogens with one attached hydrogen (secondary N) is 3. The van der Waals surface area contributed by atoms with Crippen molar-refractivity contribution in [2.24, 2.45) is 0 Å². The zero-order valence-electron chi connectivity index (χ0n) is 18.1. The molecule has 1 aliphatic rings. The first-order valence-corrected chi connectivity index (χ1v) is 11.4. The minimum absolute atomic E-state index is 0.199. The lowest BCUT2D eigenvalue weighted by Gasteiger charge is -2.36. The van der Waals surface area contributed by atoms with Crippen molar-refractivity contribution in [3.63, 3.8) is 0 Å². The van der Waals surface area contributed by atoms with Gasteiger partial charge in [0.25, 0.3) is 11.5 Å². The number of hydrogen-bond acceptors (Lipinski definition) is 5. The van der Waals surface area contributed by atoms with E-state index in [9.17, 15) is 9.59 Å². The zero-order chi connectivity index (χ0) is 22.5. The topological polar surface area (TPSA) is 90.1 Å². The van der Waals surface area contributed by atoms with Gasteiger partial charge in [-0.3, -0.25) is 14.9 Å². The summed E-state index contributed by atoms with van der Waals surface area (Å²) in [4.78, 5) is 33.8. The average molecular weight is 450 g/mol. The van der Waals surface area contributed by atoms with Crippen LogP contribution in [-0.4, -0.2) is 33.6 Å². The summed E-state index contributed by atoms with van der Waals surface area (Å²) >= 11 is 5.45. The van der Waals surface area contributed by atoms with Crippen molar-refractivity contribution in [2.45, 2.75) is 45.1 Å². The quantitative estimate of drug-likeness (QED) is 0.506. The standard InChI is InChI=1S/C24H27N5O2S/c1-2-29(17-11-7-4-8-12-17)21-14-18-19(26-22(30)15-25-18)13-20(21)27-24(32)28-23(31)16-9-5-3-6-10-16/h3,5-6,9-10,13-15,17H,2,4,7-8,11-12H2,1H3,(H,26,30)(H2,27,28,31,32). The van der Waals surface area contributed by atoms with Crippen LogP contribution in [0.1, 0.15) is 49.4 Å². The molecule has 8 heteroatoms. The van der Waals surface area contributed by atoms with Crippen molar-refractivity contribution in [1.82, 2.24) is 15.3 Å². The number of fused-ring (bicyclic) bond motifs is 1. The number of carbonyl (C=O) groups is 1. The lowest BCUT2D eigenvalue weighted by atomic mass is 9.93. The largest absolute Gasteiger partial charge is 0.367 e. The Hall–Kier alpha value is -3.26. The second-order valence-corrected chi connectivity index (χ2v) is 8.39. The van der Waals surface area contributed by atoms with Crippen LogP contribution < -0.4 is 21.1 Å². The summed E-state index contributed by atoms with van der Waals surface area (Å²) in [6.45, 7) is 2.97. The summed E-state index contributed by atoms with van der Waals surface area (Å²) in [7, 11) is 0. The Labute approximate surface area is 192 Å². The van der Waals surface area contributed by atoms with Crippen molar-refractivity contribution in [3.8, 4) is 0 Å². The number of benzene rings is 2. The maximum Gasteiger partial charge on any atom is 0.266 e. The van der Waals surface area contributed by atoms with Crippen LogP contribution in [0.25, 0.3) is 11.0 Å². The van der Waals surface area contributed by atoms with Crippen LogP contribution in [0.4, 0.5) is 11.4 Å². The molecule has 0 bridgehead atoms. The SMILES string of the molecule is CCN(c1cc2ncc(=O)[nH]c2cc1NC(=S)NC(=O)c1ccccc1)C1CCCCC1. The molecule has 1 aromatic heterocycles. The van der Waals surface area contributed by atoms with Crippen molar-refractivity contribution in [1.29, 1.82) is 0 Å². The number of hydrogen-bond donors (Lipinski definition) is 3. The predicted octanol–water partition coefficient (Wildman–Crippen LogP) is 4.21. The van der Waals surface area contributed by atoms with Crippen molar-refractivity contribution >= 4 is 45.6 Å². The van der Waals surface area contributed by atoms with Gasteiger partial charge in [-0.2, -0.15) is 0 Å². The molecule has 166 valence electrons. The third-order valence-corrected chi connectivity index (χ3v) is 6.07. The van der Waals surface area contributed by atoms with Crippen LogP contribution in [0.5, 0.6) is 0 Å². The number of amides is 1. The van der Waals surface area contributed by atoms with Crippen LogP contribution in [0, 0.1) is 0 Å². The van der Waals surface area contributed by atoms with E-state index < -0.39 is 0 Å². The molecule has 0 radical (unpaired) electrons. The summed E-state index contributed by atoms with van der Waals surface area (Å²) in [6, 6.07) is 13.2. The minimum Gasteiger partial charge on any atom is -0.367 e. The molecule has 1 amide bonds. The highest BCUT2D eigenvalue weighted by Gasteiger charge is 2.23. The Morgan fingerprint density at radius 1 is 1.19 bits per heavy atom. The highest BCUT2D eigenvalue weighted by molar-refractivity contribution is 7.80. The van der Waals surface area contributed by atoms with Crippen molar-refractivity contribution < 1.29 is 4.79 Å². The maximum absolute atomic E-state index is 12.5. The Balaban J connectivity index is 1.66. The van der Waals surface area contributed by atoms with Crippen molar-refractivity contribution in [3.05, 3.63) is 64.6 Å². The molecule has 0 unspecified atom stereocenters.